The van der Waals surface area contributed by atoms with Crippen LogP contribution in [-0.4, -0.2) is 201 Å². The van der Waals surface area contributed by atoms with Crippen molar-refractivity contribution in [2.24, 2.45) is 0 Å². The molecule has 119 heavy (non-hydrogen) atoms. The number of carbonyl (C=O) groups is 5. The molecule has 0 spiro atoms. The van der Waals surface area contributed by atoms with Gasteiger partial charge in [0.05, 0.1) is 100 Å². The second-order valence-corrected chi connectivity index (χ2v) is 30.3. The molecule has 21 rings (SSSR count). The highest BCUT2D eigenvalue weighted by molar-refractivity contribution is 6.08. The predicted molar refractivity (Wildman–Crippen MR) is 451 cm³/mol. The molecule has 1 aliphatic carbocycles. The number of nitrogens with zero attached hydrogens (tertiary/aromatic N) is 24. The molecule has 9 aliphatic rings. The number of urea groups is 4. The molecule has 4 atom stereocenters. The standard InChI is InChI=1S/C22H21N7O.C22H22N6O.C21H22N8O.C20H17N7O3/c30-22(27-20-12-23-8-9-24-20)29-16-7-10-28(13-16)19-6-5-18(26-21(19)29)15-3-4-17(25-11-15)14-1-2-14;1-14-3-4-17(12-24-14)25-22(29)28-18-8-10-27(13-18)20-6-5-19(26-21(20)28)16-7-9-23-15(2)11-16;1-27(2)19-11-14(5-7-24-19)16-3-4-17-20(25-16)29(15-6-10-28(17)13-15)21(30)26-18-12-22-8-9-23-18;28-19(29)15-9-12(3-5-22-15)14-1-2-16-18(24-14)27(13-4-8-26(16)11-13)20(30)25-17-10-21-6-7-23-17/h3-6,8-9,11-12,14,16H,1-2,7,10,13H2,(H,24,27,30);3-7,9,11-12,18H,8,10,13H2,1-2H3,(H,25,29);3-5,7-9,11-12,15H,6,10,13H2,1-2H3,(H,23,26,30);1-3,5-7,9-10,13H,4,8,11H2,(H,28,29)(H,23,25,30)/t16-;18-;15-;13-/m0000/s1. The van der Waals surface area contributed by atoms with Crippen molar-refractivity contribution < 1.29 is 29.1 Å². The number of fused-ring (bicyclic) bond motifs is 16. The van der Waals surface area contributed by atoms with E-state index in [0.29, 0.717) is 63.6 Å². The number of aromatic carboxylic acids is 1. The second kappa shape index (κ2) is 32.4. The molecule has 12 aromatic rings. The van der Waals surface area contributed by atoms with Crippen molar-refractivity contribution in [3.63, 3.8) is 0 Å². The zero-order chi connectivity index (χ0) is 81.4. The molecule has 8 amide bonds. The van der Waals surface area contributed by atoms with Crippen LogP contribution in [0.1, 0.15) is 72.0 Å². The lowest BCUT2D eigenvalue weighted by Crippen LogP contribution is -2.48. The number of amides is 8. The van der Waals surface area contributed by atoms with Crippen molar-refractivity contribution in [3.8, 4) is 45.0 Å². The van der Waals surface area contributed by atoms with Gasteiger partial charge < -0.3 is 34.9 Å². The first kappa shape index (κ1) is 75.5. The fourth-order valence-corrected chi connectivity index (χ4v) is 16.3. The van der Waals surface area contributed by atoms with E-state index in [-0.39, 0.29) is 54.0 Å². The Bertz CT molecular complexity index is 5820. The molecule has 12 aromatic heterocycles. The Balaban J connectivity index is 0.000000109. The first-order chi connectivity index (χ1) is 58.0. The van der Waals surface area contributed by atoms with Gasteiger partial charge >= 0.3 is 30.1 Å². The van der Waals surface area contributed by atoms with Crippen LogP contribution >= 0.6 is 0 Å². The van der Waals surface area contributed by atoms with E-state index < -0.39 is 5.97 Å². The van der Waals surface area contributed by atoms with Crippen molar-refractivity contribution in [2.45, 2.75) is 82.5 Å². The molecule has 20 heterocycles. The van der Waals surface area contributed by atoms with Gasteiger partial charge in [0.15, 0.2) is 40.7 Å². The SMILES string of the molecule is CN(C)c1cc(-c2ccc3c(n2)N(C(=O)Nc2cnccn2)[C@H]2CCN3C2)ccn1.Cc1ccc(NC(=O)N2c3nc(-c4ccnc(C)c4)ccc3N3CC[C@H]2C3)cn1.O=C(Nc1cnccn1)N1c2nc(-c3ccc(C4CC4)nc3)ccc2N2CC[C@H]1C2.O=C(O)c1cc(-c2ccc3c(n2)N(C(=O)Nc2cnccn2)[C@H]2CCN3C2)ccn1. The number of aromatic nitrogens is 15. The minimum Gasteiger partial charge on any atom is -0.477 e. The largest absolute Gasteiger partial charge is 0.477 e. The molecule has 34 nitrogen and oxygen atoms in total. The number of carbonyl (C=O) groups excluding carboxylic acids is 4. The summed E-state index contributed by atoms with van der Waals surface area (Å²) in [7, 11) is 3.91. The van der Waals surface area contributed by atoms with Crippen LogP contribution in [0.3, 0.4) is 0 Å². The highest BCUT2D eigenvalue weighted by Gasteiger charge is 2.45. The molecular formula is C85H82N28O6. The number of hydrogen-bond acceptors (Lipinski definition) is 25. The molecule has 34 heteroatoms. The highest BCUT2D eigenvalue weighted by atomic mass is 16.4. The van der Waals surface area contributed by atoms with Gasteiger partial charge in [-0.1, -0.05) is 0 Å². The number of anilines is 13. The summed E-state index contributed by atoms with van der Waals surface area (Å²) in [5, 5.41) is 20.7. The van der Waals surface area contributed by atoms with Crippen LogP contribution < -0.4 is 65.4 Å². The van der Waals surface area contributed by atoms with Gasteiger partial charge in [-0.15, -0.1) is 0 Å². The number of nitrogens with one attached hydrogen (secondary N) is 4. The summed E-state index contributed by atoms with van der Waals surface area (Å²) in [5.41, 5.74) is 14.0. The number of rotatable bonds is 11. The third-order valence-corrected chi connectivity index (χ3v) is 22.3. The number of pyridine rings is 9. The first-order valence-electron chi connectivity index (χ1n) is 39.4. The molecule has 1 saturated carbocycles. The van der Waals surface area contributed by atoms with Gasteiger partial charge in [-0.3, -0.25) is 65.5 Å². The average Bonchev–Trinajstić information content (AvgIpc) is 1.71. The zero-order valence-corrected chi connectivity index (χ0v) is 65.5. The molecular weight excluding hydrogens is 1510 g/mol. The lowest BCUT2D eigenvalue weighted by atomic mass is 10.1. The van der Waals surface area contributed by atoms with Crippen LogP contribution in [0, 0.1) is 13.8 Å². The monoisotopic (exact) mass is 1590 g/mol. The van der Waals surface area contributed by atoms with E-state index in [1.807, 2.05) is 111 Å². The summed E-state index contributed by atoms with van der Waals surface area (Å²) < 4.78 is 0. The van der Waals surface area contributed by atoms with E-state index >= 15 is 0 Å². The van der Waals surface area contributed by atoms with Crippen molar-refractivity contribution in [3.05, 3.63) is 219 Å². The van der Waals surface area contributed by atoms with Gasteiger partial charge in [-0.2, -0.15) is 0 Å². The van der Waals surface area contributed by atoms with Crippen molar-refractivity contribution in [1.82, 2.24) is 74.8 Å². The minimum absolute atomic E-state index is 0.0102. The molecule has 598 valence electrons. The summed E-state index contributed by atoms with van der Waals surface area (Å²) in [5.74, 6) is 4.20. The lowest BCUT2D eigenvalue weighted by molar-refractivity contribution is 0.0690. The number of aryl methyl sites for hydroxylation is 2. The van der Waals surface area contributed by atoms with Crippen LogP contribution in [0.4, 0.5) is 94.2 Å². The smallest absolute Gasteiger partial charge is 0.354 e. The Labute approximate surface area is 683 Å². The van der Waals surface area contributed by atoms with E-state index in [9.17, 15) is 29.1 Å². The van der Waals surface area contributed by atoms with E-state index in [1.54, 1.807) is 70.3 Å². The minimum atomic E-state index is -1.11. The first-order valence-corrected chi connectivity index (χ1v) is 39.4. The van der Waals surface area contributed by atoms with Crippen LogP contribution in [0.2, 0.25) is 0 Å². The maximum Gasteiger partial charge on any atom is 0.354 e. The van der Waals surface area contributed by atoms with E-state index in [2.05, 4.69) is 126 Å². The normalized spacial score (nSPS) is 17.6. The fourth-order valence-electron chi connectivity index (χ4n) is 16.3. The van der Waals surface area contributed by atoms with Gasteiger partial charge in [-0.05, 0) is 162 Å². The van der Waals surface area contributed by atoms with Crippen molar-refractivity contribution in [2.75, 3.05) is 132 Å². The highest BCUT2D eigenvalue weighted by Crippen LogP contribution is 2.46. The third-order valence-electron chi connectivity index (χ3n) is 22.3. The van der Waals surface area contributed by atoms with Crippen LogP contribution in [0.15, 0.2) is 196 Å². The van der Waals surface area contributed by atoms with Gasteiger partial charge in [-0.25, -0.2) is 68.8 Å². The predicted octanol–water partition coefficient (Wildman–Crippen LogP) is 12.1. The molecule has 4 saturated heterocycles. The Morgan fingerprint density at radius 3 is 1.16 bits per heavy atom. The van der Waals surface area contributed by atoms with Gasteiger partial charge in [0.1, 0.15) is 11.5 Å². The maximum atomic E-state index is 13.2. The zero-order valence-electron chi connectivity index (χ0n) is 65.5. The summed E-state index contributed by atoms with van der Waals surface area (Å²) in [6, 6.07) is 34.3. The van der Waals surface area contributed by atoms with Crippen LogP contribution in [0.5, 0.6) is 0 Å². The third kappa shape index (κ3) is 15.8. The Morgan fingerprint density at radius 2 is 0.782 bits per heavy atom. The summed E-state index contributed by atoms with van der Waals surface area (Å²) in [6.45, 7) is 10.7. The second-order valence-electron chi connectivity index (χ2n) is 30.3. The van der Waals surface area contributed by atoms with Crippen LogP contribution in [-0.2, 0) is 0 Å². The molecule has 5 N–H and O–H groups in total. The maximum absolute atomic E-state index is 13.2. The van der Waals surface area contributed by atoms with Gasteiger partial charge in [0.25, 0.3) is 0 Å². The van der Waals surface area contributed by atoms with E-state index in [0.717, 1.165) is 157 Å². The van der Waals surface area contributed by atoms with Gasteiger partial charge in [0.2, 0.25) is 0 Å². The molecule has 0 unspecified atom stereocenters. The topological polar surface area (TPSA) is 376 Å². The van der Waals surface area contributed by atoms with E-state index in [4.69, 9.17) is 19.9 Å². The van der Waals surface area contributed by atoms with E-state index in [1.165, 1.54) is 49.9 Å². The Hall–Kier alpha value is -14.9. The lowest BCUT2D eigenvalue weighted by Gasteiger charge is -2.36. The molecule has 8 bridgehead atoms. The van der Waals surface area contributed by atoms with Crippen LogP contribution in [0.25, 0.3) is 45.0 Å². The quantitative estimate of drug-likeness (QED) is 0.0803. The Kier molecular flexibility index (Phi) is 20.6. The average molecular weight is 1590 g/mol. The molecule has 0 aromatic carbocycles. The number of carboxylic acid groups (broad SMARTS) is 1. The molecule has 8 aliphatic heterocycles. The number of hydrogen-bond donors (Lipinski definition) is 5. The van der Waals surface area contributed by atoms with Crippen molar-refractivity contribution >= 4 is 105 Å². The van der Waals surface area contributed by atoms with Gasteiger partial charge in [0, 0.05) is 174 Å². The number of carboxylic acids is 1. The Morgan fingerprint density at radius 1 is 0.370 bits per heavy atom. The summed E-state index contributed by atoms with van der Waals surface area (Å²) in [6.07, 6.45) is 28.5. The summed E-state index contributed by atoms with van der Waals surface area (Å²) >= 11 is 0. The molecule has 5 fully saturated rings. The van der Waals surface area contributed by atoms with Crippen molar-refractivity contribution in [1.29, 1.82) is 0 Å². The summed E-state index contributed by atoms with van der Waals surface area (Å²) in [4.78, 5) is 147. The fraction of sp³-hybridized carbons (Fsp3) is 0.271. The molecule has 0 radical (unpaired) electrons.